The number of piperidine rings is 1. The molecule has 0 spiro atoms. The van der Waals surface area contributed by atoms with Gasteiger partial charge in [-0.25, -0.2) is 0 Å². The molecule has 0 aromatic carbocycles. The number of halogens is 3. The van der Waals surface area contributed by atoms with Crippen LogP contribution in [0.3, 0.4) is 0 Å². The van der Waals surface area contributed by atoms with E-state index in [1.165, 1.54) is 4.90 Å². The molecular weight excluding hydrogens is 313 g/mol. The highest BCUT2D eigenvalue weighted by molar-refractivity contribution is 5.90. The van der Waals surface area contributed by atoms with Crippen molar-refractivity contribution in [3.8, 4) is 0 Å². The van der Waals surface area contributed by atoms with Crippen molar-refractivity contribution >= 4 is 5.91 Å². The van der Waals surface area contributed by atoms with Crippen LogP contribution in [0.1, 0.15) is 43.2 Å². The molecule has 2 fully saturated rings. The maximum absolute atomic E-state index is 13.6. The average molecular weight is 332 g/mol. The molecular formula is C14H19F3N4O2. The molecule has 2 aliphatic heterocycles. The Balaban J connectivity index is 1.84. The van der Waals surface area contributed by atoms with Crippen LogP contribution in [-0.2, 0) is 5.41 Å². The monoisotopic (exact) mass is 332 g/mol. The van der Waals surface area contributed by atoms with Crippen LogP contribution in [0.4, 0.5) is 13.2 Å². The second kappa shape index (κ2) is 5.19. The standard InChI is InChI=1S/C14H19F3N4O2/c1-12(2)7-21(8-12)10(22)9-19-11(20-23-9)13(14(15,16)17)3-5-18-6-4-13/h18H,3-8H2,1-2H3. The molecule has 0 radical (unpaired) electrons. The van der Waals surface area contributed by atoms with Gasteiger partial charge in [-0.05, 0) is 31.3 Å². The quantitative estimate of drug-likeness (QED) is 0.893. The van der Waals surface area contributed by atoms with Crippen LogP contribution < -0.4 is 5.32 Å². The number of hydrogen-bond acceptors (Lipinski definition) is 5. The van der Waals surface area contributed by atoms with Gasteiger partial charge in [-0.3, -0.25) is 4.79 Å². The van der Waals surface area contributed by atoms with Gasteiger partial charge in [-0.2, -0.15) is 18.2 Å². The van der Waals surface area contributed by atoms with Crippen molar-refractivity contribution in [3.63, 3.8) is 0 Å². The van der Waals surface area contributed by atoms with Crippen LogP contribution in [0.5, 0.6) is 0 Å². The number of nitrogens with zero attached hydrogens (tertiary/aromatic N) is 3. The number of carbonyl (C=O) groups is 1. The van der Waals surface area contributed by atoms with Gasteiger partial charge >= 0.3 is 18.0 Å². The molecule has 3 rings (SSSR count). The van der Waals surface area contributed by atoms with Crippen LogP contribution >= 0.6 is 0 Å². The van der Waals surface area contributed by atoms with E-state index in [1.807, 2.05) is 13.8 Å². The smallest absolute Gasteiger partial charge is 0.333 e. The molecule has 6 nitrogen and oxygen atoms in total. The Bertz CT molecular complexity index is 597. The summed E-state index contributed by atoms with van der Waals surface area (Å²) in [4.78, 5) is 17.5. The highest BCUT2D eigenvalue weighted by Crippen LogP contribution is 2.46. The van der Waals surface area contributed by atoms with Crippen molar-refractivity contribution in [2.24, 2.45) is 5.41 Å². The van der Waals surface area contributed by atoms with Gasteiger partial charge < -0.3 is 14.7 Å². The summed E-state index contributed by atoms with van der Waals surface area (Å²) in [5, 5.41) is 6.39. The molecule has 23 heavy (non-hydrogen) atoms. The maximum atomic E-state index is 13.6. The molecule has 1 aromatic heterocycles. The highest BCUT2D eigenvalue weighted by atomic mass is 19.4. The number of aromatic nitrogens is 2. The van der Waals surface area contributed by atoms with E-state index in [1.54, 1.807) is 0 Å². The summed E-state index contributed by atoms with van der Waals surface area (Å²) >= 11 is 0. The fourth-order valence-electron chi connectivity index (χ4n) is 3.26. The molecule has 0 bridgehead atoms. The summed E-state index contributed by atoms with van der Waals surface area (Å²) in [5.41, 5.74) is -2.13. The molecule has 0 saturated carbocycles. The van der Waals surface area contributed by atoms with Crippen molar-refractivity contribution < 1.29 is 22.5 Å². The molecule has 1 amide bonds. The molecule has 3 heterocycles. The third-order valence-corrected chi connectivity index (χ3v) is 4.56. The van der Waals surface area contributed by atoms with Gasteiger partial charge in [-0.1, -0.05) is 19.0 Å². The van der Waals surface area contributed by atoms with E-state index in [0.29, 0.717) is 13.1 Å². The Morgan fingerprint density at radius 2 is 1.87 bits per heavy atom. The molecule has 1 aromatic rings. The van der Waals surface area contributed by atoms with Crippen molar-refractivity contribution in [1.82, 2.24) is 20.4 Å². The van der Waals surface area contributed by atoms with Gasteiger partial charge in [-0.15, -0.1) is 0 Å². The second-order valence-corrected chi connectivity index (χ2v) is 7.08. The van der Waals surface area contributed by atoms with Crippen molar-refractivity contribution in [1.29, 1.82) is 0 Å². The lowest BCUT2D eigenvalue weighted by atomic mass is 9.77. The van der Waals surface area contributed by atoms with E-state index in [-0.39, 0.29) is 37.2 Å². The maximum Gasteiger partial charge on any atom is 0.401 e. The average Bonchev–Trinajstić information content (AvgIpc) is 2.93. The summed E-state index contributed by atoms with van der Waals surface area (Å²) in [5.74, 6) is -1.30. The Kier molecular flexibility index (Phi) is 3.66. The van der Waals surface area contributed by atoms with E-state index in [9.17, 15) is 18.0 Å². The fourth-order valence-corrected chi connectivity index (χ4v) is 3.26. The molecule has 1 N–H and O–H groups in total. The summed E-state index contributed by atoms with van der Waals surface area (Å²) in [7, 11) is 0. The third-order valence-electron chi connectivity index (χ3n) is 4.56. The van der Waals surface area contributed by atoms with Crippen LogP contribution in [-0.4, -0.2) is 53.3 Å². The van der Waals surface area contributed by atoms with Gasteiger partial charge in [0.25, 0.3) is 0 Å². The summed E-state index contributed by atoms with van der Waals surface area (Å²) in [6.45, 7) is 5.50. The lowest BCUT2D eigenvalue weighted by Gasteiger charge is -2.44. The minimum absolute atomic E-state index is 0.0146. The Morgan fingerprint density at radius 1 is 1.26 bits per heavy atom. The minimum atomic E-state index is -4.49. The Labute approximate surface area is 131 Å². The highest BCUT2D eigenvalue weighted by Gasteiger charge is 2.59. The molecule has 2 aliphatic rings. The number of nitrogens with one attached hydrogen (secondary N) is 1. The van der Waals surface area contributed by atoms with Crippen molar-refractivity contribution in [2.45, 2.75) is 38.3 Å². The van der Waals surface area contributed by atoms with Gasteiger partial charge in [0, 0.05) is 13.1 Å². The summed E-state index contributed by atoms with van der Waals surface area (Å²) < 4.78 is 45.6. The summed E-state index contributed by atoms with van der Waals surface area (Å²) in [6, 6.07) is 0. The number of carbonyl (C=O) groups excluding carboxylic acids is 1. The van der Waals surface area contributed by atoms with E-state index in [2.05, 4.69) is 15.5 Å². The first-order valence-electron chi connectivity index (χ1n) is 7.56. The zero-order valence-corrected chi connectivity index (χ0v) is 13.0. The van der Waals surface area contributed by atoms with Crippen molar-refractivity contribution in [2.75, 3.05) is 26.2 Å². The number of likely N-dealkylation sites (tertiary alicyclic amines) is 1. The predicted molar refractivity (Wildman–Crippen MR) is 73.8 cm³/mol. The molecule has 9 heteroatoms. The van der Waals surface area contributed by atoms with E-state index in [0.717, 1.165) is 0 Å². The molecule has 0 atom stereocenters. The molecule has 2 saturated heterocycles. The van der Waals surface area contributed by atoms with Gasteiger partial charge in [0.05, 0.1) is 0 Å². The minimum Gasteiger partial charge on any atom is -0.333 e. The topological polar surface area (TPSA) is 71.3 Å². The van der Waals surface area contributed by atoms with Crippen LogP contribution in [0.25, 0.3) is 0 Å². The lowest BCUT2D eigenvalue weighted by molar-refractivity contribution is -0.200. The Hall–Kier alpha value is -1.64. The Morgan fingerprint density at radius 3 is 2.39 bits per heavy atom. The normalized spacial score (nSPS) is 23.4. The number of amides is 1. The molecule has 0 unspecified atom stereocenters. The van der Waals surface area contributed by atoms with Gasteiger partial charge in [0.2, 0.25) is 0 Å². The van der Waals surface area contributed by atoms with Gasteiger partial charge in [0.15, 0.2) is 5.82 Å². The zero-order chi connectivity index (χ0) is 16.9. The van der Waals surface area contributed by atoms with Gasteiger partial charge in [0.1, 0.15) is 5.41 Å². The van der Waals surface area contributed by atoms with E-state index >= 15 is 0 Å². The van der Waals surface area contributed by atoms with Crippen molar-refractivity contribution in [3.05, 3.63) is 11.7 Å². The van der Waals surface area contributed by atoms with E-state index < -0.39 is 23.3 Å². The zero-order valence-electron chi connectivity index (χ0n) is 13.0. The molecule has 128 valence electrons. The number of rotatable bonds is 2. The van der Waals surface area contributed by atoms with Crippen LogP contribution in [0.2, 0.25) is 0 Å². The fraction of sp³-hybridized carbons (Fsp3) is 0.786. The first-order chi connectivity index (χ1) is 10.6. The number of alkyl halides is 3. The first-order valence-corrected chi connectivity index (χ1v) is 7.56. The SMILES string of the molecule is CC1(C)CN(C(=O)c2nc(C3(C(F)(F)F)CCNCC3)no2)C1. The third kappa shape index (κ3) is 2.71. The number of hydrogen-bond donors (Lipinski definition) is 1. The predicted octanol–water partition coefficient (Wildman–Crippen LogP) is 1.74. The first kappa shape index (κ1) is 16.2. The van der Waals surface area contributed by atoms with Crippen LogP contribution in [0.15, 0.2) is 4.52 Å². The lowest BCUT2D eigenvalue weighted by Crippen LogP contribution is -2.55. The largest absolute Gasteiger partial charge is 0.401 e. The van der Waals surface area contributed by atoms with E-state index in [4.69, 9.17) is 4.52 Å². The van der Waals surface area contributed by atoms with Crippen LogP contribution in [0, 0.1) is 5.41 Å². The summed E-state index contributed by atoms with van der Waals surface area (Å²) in [6.07, 6.45) is -4.82. The molecule has 0 aliphatic carbocycles. The second-order valence-electron chi connectivity index (χ2n) is 7.08.